The van der Waals surface area contributed by atoms with Crippen molar-refractivity contribution in [3.63, 3.8) is 0 Å². The van der Waals surface area contributed by atoms with Gasteiger partial charge >= 0.3 is 5.97 Å². The van der Waals surface area contributed by atoms with Crippen LogP contribution in [0.5, 0.6) is 0 Å². The zero-order chi connectivity index (χ0) is 21.9. The van der Waals surface area contributed by atoms with Crippen LogP contribution >= 0.6 is 0 Å². The average Bonchev–Trinajstić information content (AvgIpc) is 3.23. The molecule has 0 saturated carbocycles. The first-order chi connectivity index (χ1) is 14.6. The number of nitrogens with one attached hydrogen (secondary N) is 2. The lowest BCUT2D eigenvalue weighted by molar-refractivity contribution is -0.141. The topological polar surface area (TPSA) is 95.1 Å². The van der Waals surface area contributed by atoms with Crippen LogP contribution in [0.2, 0.25) is 0 Å². The van der Waals surface area contributed by atoms with Crippen molar-refractivity contribution in [1.29, 1.82) is 0 Å². The molecule has 0 unspecified atom stereocenters. The van der Waals surface area contributed by atoms with Crippen LogP contribution in [0, 0.1) is 0 Å². The van der Waals surface area contributed by atoms with Gasteiger partial charge in [0, 0.05) is 24.7 Å². The first-order valence-corrected chi connectivity index (χ1v) is 12.1. The van der Waals surface area contributed by atoms with Gasteiger partial charge in [-0.2, -0.15) is 0 Å². The molecule has 0 aliphatic carbocycles. The number of carboxylic acid groups (broad SMARTS) is 1. The normalized spacial score (nSPS) is 12.0. The van der Waals surface area contributed by atoms with Crippen molar-refractivity contribution in [1.82, 2.24) is 15.3 Å². The third-order valence-corrected chi connectivity index (χ3v) is 5.62. The van der Waals surface area contributed by atoms with Gasteiger partial charge in [0.05, 0.1) is 6.33 Å². The molecule has 1 aromatic heterocycles. The monoisotopic (exact) mass is 421 g/mol. The van der Waals surface area contributed by atoms with Crippen LogP contribution in [-0.4, -0.2) is 33.0 Å². The lowest BCUT2D eigenvalue weighted by atomic mass is 10.0. The molecule has 1 rings (SSSR count). The SMILES string of the molecule is CCCCCCCCCCCCCCCCCC(=O)N[C@@H](Cc1cnc[nH]1)C(=O)O. The standard InChI is InChI=1S/C24H43N3O3/c1-2-3-4-5-6-7-8-9-10-11-12-13-14-15-16-17-23(28)27-22(24(29)30)18-21-19-25-20-26-21/h19-20,22H,2-18H2,1H3,(H,25,26)(H,27,28)(H,29,30)/t22-/m0/s1. The van der Waals surface area contributed by atoms with Crippen molar-refractivity contribution in [2.75, 3.05) is 0 Å². The summed E-state index contributed by atoms with van der Waals surface area (Å²) < 4.78 is 0. The van der Waals surface area contributed by atoms with E-state index < -0.39 is 12.0 Å². The van der Waals surface area contributed by atoms with Gasteiger partial charge in [-0.3, -0.25) is 4.79 Å². The number of unbranched alkanes of at least 4 members (excludes halogenated alkanes) is 14. The third-order valence-electron chi connectivity index (χ3n) is 5.62. The molecule has 0 aliphatic rings. The molecule has 1 heterocycles. The van der Waals surface area contributed by atoms with Crippen molar-refractivity contribution in [2.24, 2.45) is 0 Å². The fourth-order valence-electron chi connectivity index (χ4n) is 3.74. The van der Waals surface area contributed by atoms with Gasteiger partial charge in [-0.1, -0.05) is 96.8 Å². The van der Waals surface area contributed by atoms with Gasteiger partial charge in [0.2, 0.25) is 5.91 Å². The Kier molecular flexibility index (Phi) is 15.7. The molecule has 1 amide bonds. The first-order valence-electron chi connectivity index (χ1n) is 12.1. The molecule has 3 N–H and O–H groups in total. The number of rotatable bonds is 20. The van der Waals surface area contributed by atoms with Gasteiger partial charge in [-0.15, -0.1) is 0 Å². The second-order valence-corrected chi connectivity index (χ2v) is 8.44. The highest BCUT2D eigenvalue weighted by atomic mass is 16.4. The third kappa shape index (κ3) is 14.2. The highest BCUT2D eigenvalue weighted by Gasteiger charge is 2.20. The Morgan fingerprint density at radius 2 is 1.40 bits per heavy atom. The summed E-state index contributed by atoms with van der Waals surface area (Å²) in [5, 5.41) is 11.9. The molecular weight excluding hydrogens is 378 g/mol. The van der Waals surface area contributed by atoms with Crippen LogP contribution in [0.25, 0.3) is 0 Å². The van der Waals surface area contributed by atoms with Gasteiger partial charge in [0.1, 0.15) is 6.04 Å². The number of hydrogen-bond donors (Lipinski definition) is 3. The summed E-state index contributed by atoms with van der Waals surface area (Å²) in [5.74, 6) is -1.20. The Labute approximate surface area is 182 Å². The lowest BCUT2D eigenvalue weighted by Gasteiger charge is -2.13. The minimum absolute atomic E-state index is 0.184. The molecule has 0 aliphatic heterocycles. The highest BCUT2D eigenvalue weighted by Crippen LogP contribution is 2.13. The van der Waals surface area contributed by atoms with Crippen molar-refractivity contribution < 1.29 is 14.7 Å². The number of carbonyl (C=O) groups excluding carboxylic acids is 1. The number of carboxylic acids is 1. The number of aromatic nitrogens is 2. The minimum atomic E-state index is -1.02. The van der Waals surface area contributed by atoms with Gasteiger partial charge < -0.3 is 15.4 Å². The van der Waals surface area contributed by atoms with E-state index in [1.807, 2.05) is 0 Å². The Bertz CT molecular complexity index is 546. The number of carbonyl (C=O) groups is 2. The van der Waals surface area contributed by atoms with Crippen molar-refractivity contribution in [3.05, 3.63) is 18.2 Å². The van der Waals surface area contributed by atoms with E-state index in [1.165, 1.54) is 83.4 Å². The number of H-pyrrole nitrogens is 1. The molecule has 0 bridgehead atoms. The van der Waals surface area contributed by atoms with E-state index in [-0.39, 0.29) is 12.3 Å². The molecular formula is C24H43N3O3. The predicted molar refractivity (Wildman–Crippen MR) is 121 cm³/mol. The van der Waals surface area contributed by atoms with Crippen LogP contribution in [0.4, 0.5) is 0 Å². The predicted octanol–water partition coefficient (Wildman–Crippen LogP) is 5.78. The van der Waals surface area contributed by atoms with Gasteiger partial charge in [-0.05, 0) is 6.42 Å². The molecule has 30 heavy (non-hydrogen) atoms. The van der Waals surface area contributed by atoms with Crippen LogP contribution in [-0.2, 0) is 16.0 Å². The maximum Gasteiger partial charge on any atom is 0.326 e. The molecule has 0 fully saturated rings. The van der Waals surface area contributed by atoms with E-state index in [9.17, 15) is 14.7 Å². The number of aromatic amines is 1. The Morgan fingerprint density at radius 3 is 1.83 bits per heavy atom. The van der Waals surface area contributed by atoms with E-state index >= 15 is 0 Å². The Balaban J connectivity index is 1.91. The molecule has 1 atom stereocenters. The smallest absolute Gasteiger partial charge is 0.326 e. The molecule has 0 spiro atoms. The number of hydrogen-bond acceptors (Lipinski definition) is 3. The van der Waals surface area contributed by atoms with E-state index in [1.54, 1.807) is 6.20 Å². The zero-order valence-electron chi connectivity index (χ0n) is 19.0. The van der Waals surface area contributed by atoms with Crippen LogP contribution in [0.15, 0.2) is 12.5 Å². The Hall–Kier alpha value is -1.85. The maximum absolute atomic E-state index is 12.0. The first kappa shape index (κ1) is 26.2. The molecule has 0 radical (unpaired) electrons. The molecule has 6 heteroatoms. The number of imidazole rings is 1. The van der Waals surface area contributed by atoms with E-state index in [4.69, 9.17) is 0 Å². The molecule has 0 aromatic carbocycles. The molecule has 6 nitrogen and oxygen atoms in total. The van der Waals surface area contributed by atoms with Crippen molar-refractivity contribution in [2.45, 2.75) is 122 Å². The second-order valence-electron chi connectivity index (χ2n) is 8.44. The molecule has 0 saturated heterocycles. The maximum atomic E-state index is 12.0. The summed E-state index contributed by atoms with van der Waals surface area (Å²) in [6, 6.07) is -0.908. The fourth-order valence-corrected chi connectivity index (χ4v) is 3.74. The average molecular weight is 422 g/mol. The lowest BCUT2D eigenvalue weighted by Crippen LogP contribution is -2.42. The minimum Gasteiger partial charge on any atom is -0.480 e. The number of aliphatic carboxylic acids is 1. The summed E-state index contributed by atoms with van der Waals surface area (Å²) in [6.07, 6.45) is 23.0. The number of amides is 1. The quantitative estimate of drug-likeness (QED) is 0.232. The molecule has 1 aromatic rings. The zero-order valence-corrected chi connectivity index (χ0v) is 19.0. The Morgan fingerprint density at radius 1 is 0.900 bits per heavy atom. The van der Waals surface area contributed by atoms with E-state index in [0.717, 1.165) is 19.3 Å². The van der Waals surface area contributed by atoms with Crippen molar-refractivity contribution in [3.8, 4) is 0 Å². The summed E-state index contributed by atoms with van der Waals surface area (Å²) in [6.45, 7) is 2.26. The van der Waals surface area contributed by atoms with Crippen LogP contribution < -0.4 is 5.32 Å². The fraction of sp³-hybridized carbons (Fsp3) is 0.792. The van der Waals surface area contributed by atoms with Crippen LogP contribution in [0.1, 0.15) is 115 Å². The van der Waals surface area contributed by atoms with Gasteiger partial charge in [-0.25, -0.2) is 9.78 Å². The summed E-state index contributed by atoms with van der Waals surface area (Å²) in [4.78, 5) is 30.1. The highest BCUT2D eigenvalue weighted by molar-refractivity contribution is 5.83. The second kappa shape index (κ2) is 18.0. The number of nitrogens with zero attached hydrogens (tertiary/aromatic N) is 1. The van der Waals surface area contributed by atoms with Gasteiger partial charge in [0.15, 0.2) is 0 Å². The largest absolute Gasteiger partial charge is 0.480 e. The van der Waals surface area contributed by atoms with Crippen molar-refractivity contribution >= 4 is 11.9 Å². The van der Waals surface area contributed by atoms with Gasteiger partial charge in [0.25, 0.3) is 0 Å². The molecule has 172 valence electrons. The summed E-state index contributed by atoms with van der Waals surface area (Å²) in [5.41, 5.74) is 0.703. The summed E-state index contributed by atoms with van der Waals surface area (Å²) in [7, 11) is 0. The van der Waals surface area contributed by atoms with E-state index in [0.29, 0.717) is 12.1 Å². The summed E-state index contributed by atoms with van der Waals surface area (Å²) >= 11 is 0. The van der Waals surface area contributed by atoms with E-state index in [2.05, 4.69) is 22.2 Å². The van der Waals surface area contributed by atoms with Crippen LogP contribution in [0.3, 0.4) is 0 Å².